The van der Waals surface area contributed by atoms with Crippen molar-refractivity contribution >= 4 is 14.5 Å². The summed E-state index contributed by atoms with van der Waals surface area (Å²) >= 11 is 0. The highest BCUT2D eigenvalue weighted by atomic mass is 31.0. The predicted molar refractivity (Wildman–Crippen MR) is 115 cm³/mol. The van der Waals surface area contributed by atoms with E-state index in [1.165, 1.54) is 33.4 Å². The highest BCUT2D eigenvalue weighted by Gasteiger charge is 2.23. The molecule has 0 radical (unpaired) electrons. The quantitative estimate of drug-likeness (QED) is 0.553. The van der Waals surface area contributed by atoms with Crippen LogP contribution in [0, 0.1) is 6.92 Å². The van der Waals surface area contributed by atoms with Gasteiger partial charge in [-0.3, -0.25) is 0 Å². The number of methoxy groups -OCH3 is 1. The zero-order valence-corrected chi connectivity index (χ0v) is 18.2. The molecule has 0 aliphatic carbocycles. The van der Waals surface area contributed by atoms with Gasteiger partial charge in [0.2, 0.25) is 0 Å². The average Bonchev–Trinajstić information content (AvgIpc) is 2.53. The third-order valence-electron chi connectivity index (χ3n) is 5.00. The summed E-state index contributed by atoms with van der Waals surface area (Å²) in [5, 5.41) is 1.15. The molecular formula is C23H33OP. The first-order valence-corrected chi connectivity index (χ1v) is 9.88. The van der Waals surface area contributed by atoms with Crippen LogP contribution in [0.5, 0.6) is 5.75 Å². The summed E-state index contributed by atoms with van der Waals surface area (Å²) in [7, 11) is 4.64. The van der Waals surface area contributed by atoms with Crippen LogP contribution in [0.1, 0.15) is 81.5 Å². The highest BCUT2D eigenvalue weighted by molar-refractivity contribution is 7.28. The van der Waals surface area contributed by atoms with Gasteiger partial charge < -0.3 is 4.74 Å². The summed E-state index contributed by atoms with van der Waals surface area (Å²) < 4.78 is 5.58. The van der Waals surface area contributed by atoms with Crippen molar-refractivity contribution in [3.8, 4) is 16.9 Å². The van der Waals surface area contributed by atoms with Crippen LogP contribution in [0.25, 0.3) is 11.1 Å². The maximum Gasteiger partial charge on any atom is 0.126 e. The van der Waals surface area contributed by atoms with Crippen molar-refractivity contribution in [1.82, 2.24) is 0 Å². The standard InChI is InChI=1S/C23H33OP/c1-13(2)17-10-11-18(21(15(5)6)20(17)14(3)4)22-16(7)9-12-19(24-8)23(22)25/h9-15H,25H2,1-8H3. The van der Waals surface area contributed by atoms with Gasteiger partial charge in [-0.15, -0.1) is 9.24 Å². The molecule has 2 rings (SSSR count). The van der Waals surface area contributed by atoms with Crippen LogP contribution < -0.4 is 10.0 Å². The Hall–Kier alpha value is -1.33. The molecule has 2 aromatic carbocycles. The number of rotatable bonds is 5. The highest BCUT2D eigenvalue weighted by Crippen LogP contribution is 2.41. The molecule has 0 saturated heterocycles. The molecule has 2 heteroatoms. The van der Waals surface area contributed by atoms with E-state index in [9.17, 15) is 0 Å². The second-order valence-corrected chi connectivity index (χ2v) is 8.44. The first kappa shape index (κ1) is 20.0. The molecule has 1 atom stereocenters. The van der Waals surface area contributed by atoms with Crippen molar-refractivity contribution in [2.75, 3.05) is 7.11 Å². The van der Waals surface area contributed by atoms with Gasteiger partial charge in [0.25, 0.3) is 0 Å². The normalized spacial score (nSPS) is 11.7. The first-order chi connectivity index (χ1) is 11.7. The summed E-state index contributed by atoms with van der Waals surface area (Å²) in [4.78, 5) is 0. The van der Waals surface area contributed by atoms with Gasteiger partial charge in [-0.25, -0.2) is 0 Å². The van der Waals surface area contributed by atoms with E-state index in [4.69, 9.17) is 4.74 Å². The van der Waals surface area contributed by atoms with E-state index < -0.39 is 0 Å². The zero-order chi connectivity index (χ0) is 18.9. The van der Waals surface area contributed by atoms with Crippen molar-refractivity contribution in [2.24, 2.45) is 0 Å². The summed E-state index contributed by atoms with van der Waals surface area (Å²) in [6.45, 7) is 16.0. The molecule has 136 valence electrons. The van der Waals surface area contributed by atoms with Crippen LogP contribution in [0.3, 0.4) is 0 Å². The van der Waals surface area contributed by atoms with Gasteiger partial charge in [-0.1, -0.05) is 59.7 Å². The van der Waals surface area contributed by atoms with Gasteiger partial charge in [0.15, 0.2) is 0 Å². The molecule has 2 aromatic rings. The van der Waals surface area contributed by atoms with Crippen LogP contribution in [0.2, 0.25) is 0 Å². The average molecular weight is 356 g/mol. The van der Waals surface area contributed by atoms with E-state index in [1.54, 1.807) is 7.11 Å². The Morgan fingerprint density at radius 1 is 0.800 bits per heavy atom. The third-order valence-corrected chi connectivity index (χ3v) is 5.57. The van der Waals surface area contributed by atoms with Gasteiger partial charge in [-0.2, -0.15) is 0 Å². The SMILES string of the molecule is COc1ccc(C)c(-c2ccc(C(C)C)c(C(C)C)c2C(C)C)c1P. The molecule has 0 spiro atoms. The van der Waals surface area contributed by atoms with E-state index in [0.717, 1.165) is 11.1 Å². The largest absolute Gasteiger partial charge is 0.496 e. The van der Waals surface area contributed by atoms with Gasteiger partial charge in [-0.05, 0) is 64.1 Å². The van der Waals surface area contributed by atoms with Crippen molar-refractivity contribution < 1.29 is 4.74 Å². The molecular weight excluding hydrogens is 323 g/mol. The lowest BCUT2D eigenvalue weighted by atomic mass is 9.78. The summed E-state index contributed by atoms with van der Waals surface area (Å²) in [5.41, 5.74) is 8.43. The van der Waals surface area contributed by atoms with Crippen LogP contribution >= 0.6 is 9.24 Å². The Kier molecular flexibility index (Phi) is 6.33. The minimum atomic E-state index is 0.473. The van der Waals surface area contributed by atoms with Gasteiger partial charge in [0.05, 0.1) is 7.11 Å². The van der Waals surface area contributed by atoms with E-state index >= 15 is 0 Å². The van der Waals surface area contributed by atoms with Crippen LogP contribution in [0.4, 0.5) is 0 Å². The van der Waals surface area contributed by atoms with Gasteiger partial charge >= 0.3 is 0 Å². The lowest BCUT2D eigenvalue weighted by Gasteiger charge is -2.27. The number of aryl methyl sites for hydroxylation is 1. The van der Waals surface area contributed by atoms with E-state index in [1.807, 2.05) is 0 Å². The number of hydrogen-bond acceptors (Lipinski definition) is 1. The van der Waals surface area contributed by atoms with E-state index in [-0.39, 0.29) is 0 Å². The van der Waals surface area contributed by atoms with Crippen molar-refractivity contribution in [2.45, 2.75) is 66.2 Å². The minimum Gasteiger partial charge on any atom is -0.496 e. The molecule has 0 N–H and O–H groups in total. The Bertz CT molecular complexity index is 757. The molecule has 0 amide bonds. The Morgan fingerprint density at radius 3 is 1.88 bits per heavy atom. The fraction of sp³-hybridized carbons (Fsp3) is 0.478. The number of hydrogen-bond donors (Lipinski definition) is 0. The fourth-order valence-corrected chi connectivity index (χ4v) is 4.48. The number of ether oxygens (including phenoxy) is 1. The second kappa shape index (κ2) is 7.92. The topological polar surface area (TPSA) is 9.23 Å². The molecule has 0 aromatic heterocycles. The van der Waals surface area contributed by atoms with Gasteiger partial charge in [0.1, 0.15) is 5.75 Å². The first-order valence-electron chi connectivity index (χ1n) is 9.30. The second-order valence-electron chi connectivity index (χ2n) is 7.87. The maximum absolute atomic E-state index is 5.58. The molecule has 0 bridgehead atoms. The monoisotopic (exact) mass is 356 g/mol. The molecule has 1 nitrogen and oxygen atoms in total. The molecule has 0 aliphatic heterocycles. The summed E-state index contributed by atoms with van der Waals surface area (Å²) in [6, 6.07) is 8.88. The lowest BCUT2D eigenvalue weighted by molar-refractivity contribution is 0.418. The van der Waals surface area contributed by atoms with Crippen molar-refractivity contribution in [3.05, 3.63) is 46.5 Å². The summed E-state index contributed by atoms with van der Waals surface area (Å²) in [6.07, 6.45) is 0. The predicted octanol–water partition coefficient (Wildman–Crippen LogP) is 6.54. The minimum absolute atomic E-state index is 0.473. The van der Waals surface area contributed by atoms with Crippen molar-refractivity contribution in [1.29, 1.82) is 0 Å². The molecule has 0 aliphatic rings. The maximum atomic E-state index is 5.58. The van der Waals surface area contributed by atoms with E-state index in [2.05, 4.69) is 82.0 Å². The zero-order valence-electron chi connectivity index (χ0n) is 17.0. The molecule has 25 heavy (non-hydrogen) atoms. The van der Waals surface area contributed by atoms with Crippen LogP contribution in [-0.2, 0) is 0 Å². The molecule has 0 heterocycles. The molecule has 0 fully saturated rings. The summed E-state index contributed by atoms with van der Waals surface area (Å²) in [5.74, 6) is 2.44. The smallest absolute Gasteiger partial charge is 0.126 e. The number of benzene rings is 2. The molecule has 0 saturated carbocycles. The third kappa shape index (κ3) is 3.77. The van der Waals surface area contributed by atoms with Crippen LogP contribution in [-0.4, -0.2) is 7.11 Å². The fourth-order valence-electron chi connectivity index (χ4n) is 3.89. The van der Waals surface area contributed by atoms with E-state index in [0.29, 0.717) is 17.8 Å². The Labute approximate surface area is 156 Å². The Morgan fingerprint density at radius 2 is 1.40 bits per heavy atom. The molecule has 1 unspecified atom stereocenters. The van der Waals surface area contributed by atoms with Crippen molar-refractivity contribution in [3.63, 3.8) is 0 Å². The van der Waals surface area contributed by atoms with Gasteiger partial charge in [0, 0.05) is 5.30 Å². The lowest BCUT2D eigenvalue weighted by Crippen LogP contribution is -2.11. The Balaban J connectivity index is 2.91. The van der Waals surface area contributed by atoms with Crippen LogP contribution in [0.15, 0.2) is 24.3 Å².